The zero-order chi connectivity index (χ0) is 32.8. The van der Waals surface area contributed by atoms with Crippen molar-refractivity contribution in [2.45, 2.75) is 81.3 Å². The molecule has 15 heteroatoms. The molecule has 2 bridgehead atoms. The number of methoxy groups -OCH3 is 1. The normalized spacial score (nSPS) is 27.1. The van der Waals surface area contributed by atoms with Gasteiger partial charge in [0.1, 0.15) is 11.8 Å². The third-order valence-corrected chi connectivity index (χ3v) is 8.84. The first-order valence-electron chi connectivity index (χ1n) is 14.0. The van der Waals surface area contributed by atoms with E-state index in [0.717, 1.165) is 17.7 Å². The van der Waals surface area contributed by atoms with Crippen molar-refractivity contribution in [3.05, 3.63) is 35.1 Å². The summed E-state index contributed by atoms with van der Waals surface area (Å²) in [5.74, 6) is -3.84. The number of carboxylic acids is 2. The minimum atomic E-state index is -5.08. The number of ether oxygens (including phenoxy) is 3. The summed E-state index contributed by atoms with van der Waals surface area (Å²) in [6.45, 7) is 4.15. The summed E-state index contributed by atoms with van der Waals surface area (Å²) in [6.07, 6.45) is -2.87. The molecule has 4 N–H and O–H groups in total. The summed E-state index contributed by atoms with van der Waals surface area (Å²) in [5, 5.41) is 31.1. The van der Waals surface area contributed by atoms with Crippen LogP contribution in [0.25, 0.3) is 0 Å². The number of hydrogen-bond acceptors (Lipinski definition) is 9. The number of aliphatic hydroxyl groups is 1. The van der Waals surface area contributed by atoms with Gasteiger partial charge in [-0.1, -0.05) is 19.9 Å². The molecule has 1 saturated heterocycles. The molecule has 242 valence electrons. The number of aliphatic carboxylic acids is 2. The average molecular weight is 629 g/mol. The molecule has 2 heterocycles. The van der Waals surface area contributed by atoms with Crippen LogP contribution in [0.2, 0.25) is 0 Å². The van der Waals surface area contributed by atoms with Crippen LogP contribution < -0.4 is 14.8 Å². The predicted molar refractivity (Wildman–Crippen MR) is 145 cm³/mol. The Kier molecular flexibility index (Phi) is 8.95. The van der Waals surface area contributed by atoms with Crippen molar-refractivity contribution in [3.8, 4) is 11.5 Å². The molecule has 0 aromatic heterocycles. The fourth-order valence-electron chi connectivity index (χ4n) is 6.75. The minimum absolute atomic E-state index is 0.112. The molecule has 44 heavy (non-hydrogen) atoms. The smallest absolute Gasteiger partial charge is 0.490 e. The number of rotatable bonds is 8. The Labute approximate surface area is 250 Å². The van der Waals surface area contributed by atoms with Crippen LogP contribution in [0.4, 0.5) is 13.2 Å². The molecule has 0 radical (unpaired) electrons. The summed E-state index contributed by atoms with van der Waals surface area (Å²) in [6, 6.07) is 2.76. The number of halogens is 3. The van der Waals surface area contributed by atoms with Crippen molar-refractivity contribution < 1.29 is 61.9 Å². The van der Waals surface area contributed by atoms with Gasteiger partial charge in [-0.05, 0) is 50.1 Å². The van der Waals surface area contributed by atoms with Gasteiger partial charge in [0, 0.05) is 24.4 Å². The van der Waals surface area contributed by atoms with E-state index >= 15 is 0 Å². The number of likely N-dealkylation sites (tertiary alicyclic amines) is 1. The lowest BCUT2D eigenvalue weighted by Crippen LogP contribution is -2.74. The second-order valence-electron chi connectivity index (χ2n) is 11.7. The lowest BCUT2D eigenvalue weighted by Gasteiger charge is -2.61. The molecule has 2 aliphatic heterocycles. The zero-order valence-corrected chi connectivity index (χ0v) is 24.6. The molecule has 2 aliphatic carbocycles. The van der Waals surface area contributed by atoms with Crippen LogP contribution in [0.5, 0.6) is 11.5 Å². The van der Waals surface area contributed by atoms with E-state index < -0.39 is 53.2 Å². The molecule has 1 aromatic rings. The molecule has 1 amide bonds. The summed E-state index contributed by atoms with van der Waals surface area (Å²) < 4.78 is 49.5. The standard InChI is InChI=1S/C27H34N2O8.C2HF3O2/c1-14(2)22(25(32)33)28-19(30)7-8-20(31)36-17-9-10-27(34)18-13-15-5-6-16(35-4)23-21(15)26(27,24(17)37-23)11-12-29(18)3;3-2(4,5)1(6)7/h5-6,9,14,18,22,24,34H,7-8,10-13H2,1-4H3,(H,28,30)(H,32,33);(H,6,7)/t18-,22+,24+,26+,27-;/m1./s1. The Morgan fingerprint density at radius 2 is 1.84 bits per heavy atom. The van der Waals surface area contributed by atoms with Gasteiger partial charge in [-0.3, -0.25) is 9.59 Å². The number of carbonyl (C=O) groups is 4. The molecule has 1 fully saturated rings. The van der Waals surface area contributed by atoms with Crippen molar-refractivity contribution in [2.24, 2.45) is 5.92 Å². The van der Waals surface area contributed by atoms with E-state index in [4.69, 9.17) is 24.1 Å². The van der Waals surface area contributed by atoms with Crippen LogP contribution in [0.3, 0.4) is 0 Å². The number of carbonyl (C=O) groups excluding carboxylic acids is 2. The molecule has 5 atom stereocenters. The lowest BCUT2D eigenvalue weighted by atomic mass is 9.50. The third-order valence-electron chi connectivity index (χ3n) is 8.84. The highest BCUT2D eigenvalue weighted by atomic mass is 19.4. The van der Waals surface area contributed by atoms with E-state index in [1.807, 2.05) is 19.2 Å². The molecule has 0 saturated carbocycles. The van der Waals surface area contributed by atoms with Crippen LogP contribution in [-0.2, 0) is 35.8 Å². The van der Waals surface area contributed by atoms with Crippen molar-refractivity contribution >= 4 is 23.8 Å². The van der Waals surface area contributed by atoms with Gasteiger partial charge in [0.05, 0.1) is 24.5 Å². The fraction of sp³-hybridized carbons (Fsp3) is 0.586. The Bertz CT molecular complexity index is 1380. The van der Waals surface area contributed by atoms with Crippen molar-refractivity contribution in [3.63, 3.8) is 0 Å². The van der Waals surface area contributed by atoms with E-state index in [-0.39, 0.29) is 24.8 Å². The van der Waals surface area contributed by atoms with Gasteiger partial charge < -0.3 is 39.7 Å². The minimum Gasteiger partial charge on any atom is -0.493 e. The number of nitrogens with one attached hydrogen (secondary N) is 1. The van der Waals surface area contributed by atoms with Gasteiger partial charge in [-0.15, -0.1) is 0 Å². The molecule has 4 aliphatic rings. The second kappa shape index (κ2) is 11.9. The number of amides is 1. The second-order valence-corrected chi connectivity index (χ2v) is 11.7. The Balaban J connectivity index is 0.000000566. The van der Waals surface area contributed by atoms with Gasteiger partial charge in [0.2, 0.25) is 5.91 Å². The van der Waals surface area contributed by atoms with Gasteiger partial charge in [-0.25, -0.2) is 9.59 Å². The van der Waals surface area contributed by atoms with Crippen LogP contribution in [-0.4, -0.2) is 94.7 Å². The molecular formula is C29H35F3N2O10. The topological polar surface area (TPSA) is 172 Å². The summed E-state index contributed by atoms with van der Waals surface area (Å²) >= 11 is 0. The molecule has 1 aromatic carbocycles. The van der Waals surface area contributed by atoms with Gasteiger partial charge in [-0.2, -0.15) is 13.2 Å². The number of piperidine rings is 1. The van der Waals surface area contributed by atoms with Crippen molar-refractivity contribution in [2.75, 3.05) is 20.7 Å². The first kappa shape index (κ1) is 33.1. The number of benzene rings is 1. The van der Waals surface area contributed by atoms with E-state index in [0.29, 0.717) is 36.5 Å². The maximum atomic E-state index is 12.8. The lowest BCUT2D eigenvalue weighted by molar-refractivity contribution is -0.192. The quantitative estimate of drug-likeness (QED) is 0.311. The summed E-state index contributed by atoms with van der Waals surface area (Å²) in [4.78, 5) is 47.5. The van der Waals surface area contributed by atoms with Crippen molar-refractivity contribution in [1.29, 1.82) is 0 Å². The van der Waals surface area contributed by atoms with Crippen LogP contribution in [0.15, 0.2) is 24.0 Å². The number of carboxylic acid groups (broad SMARTS) is 2. The highest BCUT2D eigenvalue weighted by Gasteiger charge is 2.72. The van der Waals surface area contributed by atoms with Crippen LogP contribution in [0, 0.1) is 5.92 Å². The SMILES string of the molecule is COc1ccc2c3c1O[C@H]1C(OC(=O)CCC(=O)N[C@H](C(=O)O)C(C)C)=CC[C@@]4(O)[C@@H](C2)N(C)CC[C@]314.O=C(O)C(F)(F)F. The monoisotopic (exact) mass is 628 g/mol. The fourth-order valence-corrected chi connectivity index (χ4v) is 6.75. The van der Waals surface area contributed by atoms with Crippen molar-refractivity contribution in [1.82, 2.24) is 10.2 Å². The summed E-state index contributed by atoms with van der Waals surface area (Å²) in [7, 11) is 3.60. The average Bonchev–Trinajstić information content (AvgIpc) is 3.29. The predicted octanol–water partition coefficient (Wildman–Crippen LogP) is 2.15. The van der Waals surface area contributed by atoms with E-state index in [9.17, 15) is 37.8 Å². The Morgan fingerprint density at radius 1 is 1.18 bits per heavy atom. The van der Waals surface area contributed by atoms with Crippen LogP contribution >= 0.6 is 0 Å². The number of esters is 1. The van der Waals surface area contributed by atoms with Gasteiger partial charge in [0.25, 0.3) is 0 Å². The third kappa shape index (κ3) is 5.58. The molecule has 1 spiro atoms. The van der Waals surface area contributed by atoms with E-state index in [1.54, 1.807) is 27.0 Å². The maximum Gasteiger partial charge on any atom is 0.490 e. The maximum absolute atomic E-state index is 12.8. The van der Waals surface area contributed by atoms with Crippen LogP contribution in [0.1, 0.15) is 50.7 Å². The highest BCUT2D eigenvalue weighted by molar-refractivity contribution is 5.86. The molecule has 5 rings (SSSR count). The number of alkyl halides is 3. The first-order valence-corrected chi connectivity index (χ1v) is 14.0. The molecular weight excluding hydrogens is 593 g/mol. The summed E-state index contributed by atoms with van der Waals surface area (Å²) in [5.41, 5.74) is 0.156. The largest absolute Gasteiger partial charge is 0.493 e. The molecule has 12 nitrogen and oxygen atoms in total. The number of hydrogen-bond donors (Lipinski definition) is 4. The Morgan fingerprint density at radius 3 is 2.41 bits per heavy atom. The Hall–Kier alpha value is -3.85. The highest BCUT2D eigenvalue weighted by Crippen LogP contribution is 2.65. The van der Waals surface area contributed by atoms with Gasteiger partial charge in [0.15, 0.2) is 17.6 Å². The molecule has 0 unspecified atom stereocenters. The van der Waals surface area contributed by atoms with E-state index in [2.05, 4.69) is 10.2 Å². The zero-order valence-electron chi connectivity index (χ0n) is 24.6. The first-order chi connectivity index (χ1) is 20.5. The van der Waals surface area contributed by atoms with E-state index in [1.165, 1.54) is 0 Å². The number of nitrogens with zero attached hydrogens (tertiary/aromatic N) is 1. The van der Waals surface area contributed by atoms with Gasteiger partial charge >= 0.3 is 24.1 Å². The number of likely N-dealkylation sites (N-methyl/N-ethyl adjacent to an activating group) is 1.